The lowest BCUT2D eigenvalue weighted by molar-refractivity contribution is -0.0540. The van der Waals surface area contributed by atoms with Gasteiger partial charge in [0.1, 0.15) is 24.6 Å². The fourth-order valence-electron chi connectivity index (χ4n) is 2.93. The van der Waals surface area contributed by atoms with Gasteiger partial charge in [-0.2, -0.15) is 8.62 Å². The van der Waals surface area contributed by atoms with Gasteiger partial charge in [0.25, 0.3) is 0 Å². The van der Waals surface area contributed by atoms with Crippen molar-refractivity contribution in [3.05, 3.63) is 6.33 Å². The Balaban J connectivity index is 1.79. The number of ether oxygens (including phenoxy) is 1. The van der Waals surface area contributed by atoms with Crippen LogP contribution in [0.1, 0.15) is 6.23 Å². The van der Waals surface area contributed by atoms with Crippen LogP contribution in [-0.2, 0) is 31.6 Å². The molecule has 2 aromatic rings. The van der Waals surface area contributed by atoms with Crippen LogP contribution in [0, 0.1) is 0 Å². The third kappa shape index (κ3) is 7.04. The molecule has 1 saturated heterocycles. The molecule has 0 aliphatic carbocycles. The molecule has 9 N–H and O–H groups in total. The third-order valence-corrected chi connectivity index (χ3v) is 8.94. The molecule has 198 valence electrons. The first kappa shape index (κ1) is 28.5. The zero-order valence-electron chi connectivity index (χ0n) is 17.1. The molecular formula is C12H20N5O14P3S. The molecule has 1 aliphatic heterocycles. The molecule has 1 fully saturated rings. The van der Waals surface area contributed by atoms with Gasteiger partial charge in [-0.05, 0) is 0 Å². The quantitative estimate of drug-likeness (QED) is 0.110. The number of hydrogen-bond donors (Lipinski definition) is 8. The molecule has 1 aliphatic rings. The largest absolute Gasteiger partial charge is 0.490 e. The molecule has 0 spiro atoms. The van der Waals surface area contributed by atoms with Crippen molar-refractivity contribution in [3.63, 3.8) is 0 Å². The predicted molar refractivity (Wildman–Crippen MR) is 113 cm³/mol. The van der Waals surface area contributed by atoms with E-state index in [1.54, 1.807) is 0 Å². The monoisotopic (exact) mass is 583 g/mol. The molecule has 3 heterocycles. The second kappa shape index (κ2) is 10.7. The van der Waals surface area contributed by atoms with Crippen LogP contribution < -0.4 is 5.73 Å². The van der Waals surface area contributed by atoms with E-state index in [0.29, 0.717) is 0 Å². The maximum Gasteiger partial charge on any atom is 0.490 e. The van der Waals surface area contributed by atoms with E-state index in [-0.39, 0.29) is 34.5 Å². The maximum absolute atomic E-state index is 11.9. The topological polar surface area (TPSA) is 299 Å². The van der Waals surface area contributed by atoms with Crippen LogP contribution in [0.2, 0.25) is 0 Å². The lowest BCUT2D eigenvalue weighted by Gasteiger charge is -2.19. The van der Waals surface area contributed by atoms with Gasteiger partial charge in [0.2, 0.25) is 0 Å². The lowest BCUT2D eigenvalue weighted by Crippen LogP contribution is -2.33. The standard InChI is InChI=1S/C12H20N5O14P3S/c13-9-6-10(15-4-14-9)17(12(16-6)35-2-1-18)11-8(20)7(19)5(29-11)3-28-33(24,25)31-34(26,27)30-32(21,22)23/h4-5,7-8,11,18-20H,1-3H2,(H,24,25)(H,26,27)(H2,13,14,15)(H2,21,22,23)/t5-,7-,8-,11-/m1/s1. The van der Waals surface area contributed by atoms with Gasteiger partial charge in [-0.1, -0.05) is 11.8 Å². The Kier molecular flexibility index (Phi) is 8.76. The smallest absolute Gasteiger partial charge is 0.396 e. The molecule has 0 bridgehead atoms. The van der Waals surface area contributed by atoms with Crippen LogP contribution in [0.25, 0.3) is 11.2 Å². The number of thioether (sulfide) groups is 1. The molecular weight excluding hydrogens is 563 g/mol. The number of aliphatic hydroxyl groups is 3. The molecule has 35 heavy (non-hydrogen) atoms. The van der Waals surface area contributed by atoms with Gasteiger partial charge in [0.05, 0.1) is 13.2 Å². The normalized spacial score (nSPS) is 26.6. The highest BCUT2D eigenvalue weighted by atomic mass is 32.2. The number of nitrogens with two attached hydrogens (primary N) is 1. The van der Waals surface area contributed by atoms with E-state index in [0.717, 1.165) is 18.1 Å². The number of phosphoric acid groups is 3. The second-order valence-electron chi connectivity index (χ2n) is 6.70. The number of aliphatic hydroxyl groups excluding tert-OH is 3. The highest BCUT2D eigenvalue weighted by Crippen LogP contribution is 2.66. The summed E-state index contributed by atoms with van der Waals surface area (Å²) < 4.78 is 52.5. The van der Waals surface area contributed by atoms with Gasteiger partial charge in [0, 0.05) is 5.75 Å². The molecule has 0 amide bonds. The first-order chi connectivity index (χ1) is 16.1. The first-order valence-electron chi connectivity index (χ1n) is 9.16. The van der Waals surface area contributed by atoms with Crippen LogP contribution in [-0.4, -0.2) is 91.7 Å². The summed E-state index contributed by atoms with van der Waals surface area (Å²) in [5.41, 5.74) is 6.04. The van der Waals surface area contributed by atoms with E-state index in [1.165, 1.54) is 4.57 Å². The third-order valence-electron chi connectivity index (χ3n) is 4.20. The second-order valence-corrected chi connectivity index (χ2v) is 12.2. The van der Waals surface area contributed by atoms with Crippen molar-refractivity contribution < 1.29 is 66.5 Å². The van der Waals surface area contributed by atoms with E-state index < -0.39 is 54.6 Å². The Bertz CT molecular complexity index is 1210. The summed E-state index contributed by atoms with van der Waals surface area (Å²) in [6, 6.07) is 0. The molecule has 19 nitrogen and oxygen atoms in total. The molecule has 23 heteroatoms. The van der Waals surface area contributed by atoms with Crippen LogP contribution in [0.4, 0.5) is 5.82 Å². The van der Waals surface area contributed by atoms with Gasteiger partial charge in [0.15, 0.2) is 28.4 Å². The number of nitrogens with zero attached hydrogens (tertiary/aromatic N) is 4. The Labute approximate surface area is 199 Å². The SMILES string of the molecule is Nc1ncnc2c1nc(SCCO)n2[C@@H]1O[C@H](COP(=O)(O)OP(=O)(O)OP(=O)(O)O)[C@@H](O)[C@H]1O. The van der Waals surface area contributed by atoms with E-state index in [1.807, 2.05) is 0 Å². The van der Waals surface area contributed by atoms with Crippen molar-refractivity contribution in [3.8, 4) is 0 Å². The van der Waals surface area contributed by atoms with Crippen molar-refractivity contribution in [2.45, 2.75) is 29.7 Å². The van der Waals surface area contributed by atoms with E-state index in [4.69, 9.17) is 25.4 Å². The minimum atomic E-state index is -5.74. The van der Waals surface area contributed by atoms with Crippen LogP contribution in [0.3, 0.4) is 0 Å². The Morgan fingerprint density at radius 2 is 1.77 bits per heavy atom. The number of fused-ring (bicyclic) bond motifs is 1. The van der Waals surface area contributed by atoms with Crippen LogP contribution in [0.5, 0.6) is 0 Å². The molecule has 2 unspecified atom stereocenters. The number of aromatic nitrogens is 4. The summed E-state index contributed by atoms with van der Waals surface area (Å²) in [6.45, 7) is -1.23. The Hall–Kier alpha value is -1.05. The number of phosphoric ester groups is 1. The summed E-state index contributed by atoms with van der Waals surface area (Å²) in [5.74, 6) is 0.175. The van der Waals surface area contributed by atoms with Crippen molar-refractivity contribution in [2.24, 2.45) is 0 Å². The fourth-order valence-corrected chi connectivity index (χ4v) is 6.71. The van der Waals surface area contributed by atoms with Gasteiger partial charge in [-0.15, -0.1) is 0 Å². The fraction of sp³-hybridized carbons (Fsp3) is 0.583. The molecule has 0 saturated carbocycles. The number of nitrogen functional groups attached to an aromatic ring is 1. The lowest BCUT2D eigenvalue weighted by atomic mass is 10.1. The summed E-state index contributed by atoms with van der Waals surface area (Å²) in [4.78, 5) is 48.0. The average molecular weight is 583 g/mol. The molecule has 0 radical (unpaired) electrons. The van der Waals surface area contributed by atoms with Crippen LogP contribution in [0.15, 0.2) is 11.5 Å². The summed E-state index contributed by atoms with van der Waals surface area (Å²) in [6.07, 6.45) is -5.21. The summed E-state index contributed by atoms with van der Waals surface area (Å²) in [5, 5.41) is 30.2. The van der Waals surface area contributed by atoms with Gasteiger partial charge >= 0.3 is 23.5 Å². The Morgan fingerprint density at radius 1 is 1.09 bits per heavy atom. The summed E-state index contributed by atoms with van der Waals surface area (Å²) in [7, 11) is -16.8. The number of anilines is 1. The van der Waals surface area contributed by atoms with Gasteiger partial charge in [-0.25, -0.2) is 28.6 Å². The minimum absolute atomic E-state index is 0.00292. The van der Waals surface area contributed by atoms with Gasteiger partial charge in [-0.3, -0.25) is 9.09 Å². The number of rotatable bonds is 11. The zero-order valence-corrected chi connectivity index (χ0v) is 20.6. The molecule has 2 aromatic heterocycles. The first-order valence-corrected chi connectivity index (χ1v) is 14.7. The highest BCUT2D eigenvalue weighted by Gasteiger charge is 2.47. The van der Waals surface area contributed by atoms with E-state index in [9.17, 15) is 33.7 Å². The highest BCUT2D eigenvalue weighted by molar-refractivity contribution is 7.99. The maximum atomic E-state index is 11.9. The van der Waals surface area contributed by atoms with Gasteiger partial charge < -0.3 is 45.4 Å². The summed E-state index contributed by atoms with van der Waals surface area (Å²) >= 11 is 1.03. The van der Waals surface area contributed by atoms with Crippen molar-refractivity contribution in [1.29, 1.82) is 0 Å². The molecule has 3 rings (SSSR count). The predicted octanol–water partition coefficient (Wildman–Crippen LogP) is -1.54. The minimum Gasteiger partial charge on any atom is -0.396 e. The number of imidazole rings is 1. The number of hydrogen-bond acceptors (Lipinski definition) is 15. The molecule has 6 atom stereocenters. The zero-order chi connectivity index (χ0) is 26.2. The molecule has 0 aromatic carbocycles. The Morgan fingerprint density at radius 3 is 2.40 bits per heavy atom. The van der Waals surface area contributed by atoms with E-state index in [2.05, 4.69) is 28.1 Å². The van der Waals surface area contributed by atoms with Crippen molar-refractivity contribution in [2.75, 3.05) is 24.7 Å². The van der Waals surface area contributed by atoms with Crippen molar-refractivity contribution >= 4 is 52.2 Å². The van der Waals surface area contributed by atoms with Crippen molar-refractivity contribution in [1.82, 2.24) is 19.5 Å². The average Bonchev–Trinajstić information content (AvgIpc) is 3.20. The van der Waals surface area contributed by atoms with Crippen LogP contribution >= 0.6 is 35.2 Å². The van der Waals surface area contributed by atoms with E-state index >= 15 is 0 Å².